The van der Waals surface area contributed by atoms with E-state index >= 15 is 0 Å². The topological polar surface area (TPSA) is 38.0 Å². The maximum absolute atomic E-state index is 5.91. The summed E-state index contributed by atoms with van der Waals surface area (Å²) in [5.74, 6) is 0.902. The minimum absolute atomic E-state index is 0.505. The van der Waals surface area contributed by atoms with Crippen molar-refractivity contribution in [2.75, 3.05) is 13.1 Å². The van der Waals surface area contributed by atoms with Crippen LogP contribution in [0, 0.1) is 11.3 Å². The first kappa shape index (κ1) is 7.56. The van der Waals surface area contributed by atoms with E-state index in [9.17, 15) is 0 Å². The monoisotopic (exact) mass is 154 g/mol. The smallest absolute Gasteiger partial charge is 0.0102 e. The van der Waals surface area contributed by atoms with Gasteiger partial charge in [-0.1, -0.05) is 6.92 Å². The standard InChI is InChI=1S/C9H18N2/c1-9(6-8(9)10)7-2-4-11-5-3-7/h7-8,11H,2-6,10H2,1H3/t8-,9+/m0/s1. The van der Waals surface area contributed by atoms with E-state index in [1.54, 1.807) is 0 Å². The summed E-state index contributed by atoms with van der Waals surface area (Å²) in [5.41, 5.74) is 6.43. The van der Waals surface area contributed by atoms with Crippen molar-refractivity contribution in [2.24, 2.45) is 17.1 Å². The summed E-state index contributed by atoms with van der Waals surface area (Å²) in [4.78, 5) is 0. The van der Waals surface area contributed by atoms with Gasteiger partial charge in [-0.3, -0.25) is 0 Å². The van der Waals surface area contributed by atoms with Crippen molar-refractivity contribution in [3.8, 4) is 0 Å². The summed E-state index contributed by atoms with van der Waals surface area (Å²) in [5, 5.41) is 3.39. The summed E-state index contributed by atoms with van der Waals surface area (Å²) in [6.07, 6.45) is 3.94. The van der Waals surface area contributed by atoms with Gasteiger partial charge in [0.1, 0.15) is 0 Å². The molecule has 0 spiro atoms. The minimum atomic E-state index is 0.505. The van der Waals surface area contributed by atoms with Gasteiger partial charge in [-0.2, -0.15) is 0 Å². The largest absolute Gasteiger partial charge is 0.327 e. The molecule has 11 heavy (non-hydrogen) atoms. The Kier molecular flexibility index (Phi) is 1.69. The lowest BCUT2D eigenvalue weighted by molar-refractivity contribution is 0.250. The highest BCUT2D eigenvalue weighted by Gasteiger charge is 2.52. The lowest BCUT2D eigenvalue weighted by atomic mass is 9.83. The molecule has 0 amide bonds. The van der Waals surface area contributed by atoms with Gasteiger partial charge >= 0.3 is 0 Å². The van der Waals surface area contributed by atoms with Crippen LogP contribution in [0.15, 0.2) is 0 Å². The zero-order chi connectivity index (χ0) is 7.90. The van der Waals surface area contributed by atoms with Crippen LogP contribution in [0.2, 0.25) is 0 Å². The van der Waals surface area contributed by atoms with Crippen LogP contribution in [0.4, 0.5) is 0 Å². The Labute approximate surface area is 68.5 Å². The lowest BCUT2D eigenvalue weighted by Crippen LogP contribution is -2.33. The summed E-state index contributed by atoms with van der Waals surface area (Å²) in [6.45, 7) is 4.76. The van der Waals surface area contributed by atoms with E-state index in [0.717, 1.165) is 5.92 Å². The molecular weight excluding hydrogens is 136 g/mol. The molecule has 0 radical (unpaired) electrons. The third-order valence-corrected chi connectivity index (χ3v) is 3.62. The molecule has 2 heteroatoms. The highest BCUT2D eigenvalue weighted by molar-refractivity contribution is 5.07. The zero-order valence-electron chi connectivity index (χ0n) is 7.27. The van der Waals surface area contributed by atoms with Gasteiger partial charge in [0.25, 0.3) is 0 Å². The van der Waals surface area contributed by atoms with Gasteiger partial charge in [0.15, 0.2) is 0 Å². The number of rotatable bonds is 1. The third kappa shape index (κ3) is 1.18. The number of hydrogen-bond acceptors (Lipinski definition) is 2. The van der Waals surface area contributed by atoms with E-state index in [1.807, 2.05) is 0 Å². The van der Waals surface area contributed by atoms with Gasteiger partial charge in [0.05, 0.1) is 0 Å². The molecule has 2 atom stereocenters. The van der Waals surface area contributed by atoms with Crippen LogP contribution in [0.1, 0.15) is 26.2 Å². The Morgan fingerprint density at radius 2 is 1.91 bits per heavy atom. The predicted molar refractivity (Wildman–Crippen MR) is 46.3 cm³/mol. The average molecular weight is 154 g/mol. The van der Waals surface area contributed by atoms with Crippen LogP contribution in [0.5, 0.6) is 0 Å². The van der Waals surface area contributed by atoms with E-state index in [1.165, 1.54) is 32.4 Å². The highest BCUT2D eigenvalue weighted by atomic mass is 14.9. The molecule has 2 fully saturated rings. The van der Waals surface area contributed by atoms with Gasteiger partial charge in [-0.05, 0) is 43.7 Å². The van der Waals surface area contributed by atoms with E-state index in [-0.39, 0.29) is 0 Å². The van der Waals surface area contributed by atoms with Crippen LogP contribution in [-0.2, 0) is 0 Å². The fourth-order valence-electron chi connectivity index (χ4n) is 2.37. The molecule has 1 aliphatic heterocycles. The fourth-order valence-corrected chi connectivity index (χ4v) is 2.37. The normalized spacial score (nSPS) is 45.8. The highest BCUT2D eigenvalue weighted by Crippen LogP contribution is 2.52. The predicted octanol–water partition coefficient (Wildman–Crippen LogP) is 0.723. The molecule has 0 bridgehead atoms. The van der Waals surface area contributed by atoms with Crippen molar-refractivity contribution < 1.29 is 0 Å². The number of nitrogens with one attached hydrogen (secondary N) is 1. The van der Waals surface area contributed by atoms with Crippen molar-refractivity contribution in [3.63, 3.8) is 0 Å². The van der Waals surface area contributed by atoms with Gasteiger partial charge in [0, 0.05) is 6.04 Å². The first-order chi connectivity index (χ1) is 5.23. The van der Waals surface area contributed by atoms with Crippen LogP contribution in [0.3, 0.4) is 0 Å². The first-order valence-electron chi connectivity index (χ1n) is 4.70. The number of hydrogen-bond donors (Lipinski definition) is 2. The van der Waals surface area contributed by atoms with Gasteiger partial charge in [-0.15, -0.1) is 0 Å². The van der Waals surface area contributed by atoms with E-state index in [4.69, 9.17) is 5.73 Å². The van der Waals surface area contributed by atoms with Crippen molar-refractivity contribution in [3.05, 3.63) is 0 Å². The van der Waals surface area contributed by atoms with Crippen molar-refractivity contribution in [1.82, 2.24) is 5.32 Å². The van der Waals surface area contributed by atoms with Crippen LogP contribution >= 0.6 is 0 Å². The average Bonchev–Trinajstić information content (AvgIpc) is 2.64. The molecule has 2 nitrogen and oxygen atoms in total. The molecule has 0 aromatic rings. The number of nitrogens with two attached hydrogens (primary N) is 1. The number of piperidine rings is 1. The Morgan fingerprint density at radius 1 is 1.36 bits per heavy atom. The molecule has 1 saturated carbocycles. The summed E-state index contributed by atoms with van der Waals surface area (Å²) in [7, 11) is 0. The first-order valence-corrected chi connectivity index (χ1v) is 4.70. The second kappa shape index (κ2) is 2.46. The van der Waals surface area contributed by atoms with Crippen molar-refractivity contribution in [2.45, 2.75) is 32.2 Å². The maximum atomic E-state index is 5.91. The molecule has 0 unspecified atom stereocenters. The summed E-state index contributed by atoms with van der Waals surface area (Å²) in [6, 6.07) is 0.505. The zero-order valence-corrected chi connectivity index (χ0v) is 7.27. The van der Waals surface area contributed by atoms with E-state index in [2.05, 4.69) is 12.2 Å². The molecule has 0 aromatic heterocycles. The third-order valence-electron chi connectivity index (χ3n) is 3.62. The summed E-state index contributed by atoms with van der Waals surface area (Å²) >= 11 is 0. The van der Waals surface area contributed by atoms with Crippen LogP contribution < -0.4 is 11.1 Å². The quantitative estimate of drug-likeness (QED) is 0.584. The van der Waals surface area contributed by atoms with Gasteiger partial charge in [0.2, 0.25) is 0 Å². The molecule has 3 N–H and O–H groups in total. The van der Waals surface area contributed by atoms with Gasteiger partial charge < -0.3 is 11.1 Å². The molecule has 2 rings (SSSR count). The van der Waals surface area contributed by atoms with E-state index < -0.39 is 0 Å². The Bertz CT molecular complexity index is 152. The molecule has 0 aromatic carbocycles. The van der Waals surface area contributed by atoms with Crippen LogP contribution in [0.25, 0.3) is 0 Å². The molecule has 64 valence electrons. The lowest BCUT2D eigenvalue weighted by Gasteiger charge is -2.28. The molecule has 1 aliphatic carbocycles. The summed E-state index contributed by atoms with van der Waals surface area (Å²) < 4.78 is 0. The second-order valence-corrected chi connectivity index (χ2v) is 4.34. The van der Waals surface area contributed by atoms with E-state index in [0.29, 0.717) is 11.5 Å². The molecule has 2 aliphatic rings. The van der Waals surface area contributed by atoms with Crippen molar-refractivity contribution in [1.29, 1.82) is 0 Å². The molecule has 1 saturated heterocycles. The maximum Gasteiger partial charge on any atom is 0.0102 e. The Hall–Kier alpha value is -0.0800. The minimum Gasteiger partial charge on any atom is -0.327 e. The van der Waals surface area contributed by atoms with Crippen molar-refractivity contribution >= 4 is 0 Å². The fraction of sp³-hybridized carbons (Fsp3) is 1.00. The Morgan fingerprint density at radius 3 is 2.36 bits per heavy atom. The van der Waals surface area contributed by atoms with Crippen LogP contribution in [-0.4, -0.2) is 19.1 Å². The molecular formula is C9H18N2. The second-order valence-electron chi connectivity index (χ2n) is 4.34. The van der Waals surface area contributed by atoms with Gasteiger partial charge in [-0.25, -0.2) is 0 Å². The molecule has 1 heterocycles. The Balaban J connectivity index is 1.94. The SMILES string of the molecule is C[C@]1(C2CCNCC2)C[C@@H]1N.